The first kappa shape index (κ1) is 43.7. The van der Waals surface area contributed by atoms with Crippen LogP contribution in [0.1, 0.15) is 141 Å². The summed E-state index contributed by atoms with van der Waals surface area (Å²) in [6.07, 6.45) is 4.74. The Labute approximate surface area is 410 Å². The second-order valence-corrected chi connectivity index (χ2v) is 25.9. The fraction of sp³-hybridized carbons (Fsp3) is 0.344. The number of fused-ring (bicyclic) bond motifs is 9. The minimum absolute atomic E-state index is 0.0431. The van der Waals surface area contributed by atoms with E-state index in [1.165, 1.54) is 146 Å². The number of aryl methyl sites for hydroxylation is 2. The van der Waals surface area contributed by atoms with Crippen molar-refractivity contribution in [2.24, 2.45) is 0 Å². The van der Waals surface area contributed by atoms with Gasteiger partial charge in [-0.05, 0) is 193 Å². The van der Waals surface area contributed by atoms with Crippen molar-refractivity contribution >= 4 is 77.7 Å². The van der Waals surface area contributed by atoms with Gasteiger partial charge in [-0.2, -0.15) is 0 Å². The lowest BCUT2D eigenvalue weighted by atomic mass is 9.46. The van der Waals surface area contributed by atoms with Crippen LogP contribution in [0.5, 0.6) is 0 Å². The van der Waals surface area contributed by atoms with Crippen LogP contribution in [-0.4, -0.2) is 6.85 Å². The smallest absolute Gasteiger partial charge is 0.343 e. The molecule has 12 rings (SSSR count). The fourth-order valence-corrected chi connectivity index (χ4v) is 14.2. The fourth-order valence-electron chi connectivity index (χ4n) is 12.9. The van der Waals surface area contributed by atoms with Gasteiger partial charge < -0.3 is 9.71 Å². The number of anilines is 5. The van der Waals surface area contributed by atoms with Crippen molar-refractivity contribution in [3.63, 3.8) is 0 Å². The molecule has 0 N–H and O–H groups in total. The molecule has 0 bridgehead atoms. The highest BCUT2D eigenvalue weighted by atomic mass is 32.1. The Bertz CT molecular complexity index is 3430. The Morgan fingerprint density at radius 1 is 0.515 bits per heavy atom. The minimum atomic E-state index is -0.0601. The van der Waals surface area contributed by atoms with Crippen LogP contribution < -0.4 is 20.0 Å². The van der Waals surface area contributed by atoms with Crippen LogP contribution in [0.4, 0.5) is 28.4 Å². The first-order valence-electron chi connectivity index (χ1n) is 25.4. The Hall–Kier alpha value is -5.58. The van der Waals surface area contributed by atoms with Gasteiger partial charge in [0.1, 0.15) is 0 Å². The molecule has 4 aliphatic rings. The van der Waals surface area contributed by atoms with E-state index in [9.17, 15) is 0 Å². The number of hydrogen-bond donors (Lipinski definition) is 0. The zero-order valence-electron chi connectivity index (χ0n) is 42.8. The molecule has 8 aromatic rings. The quantitative estimate of drug-likeness (QED) is 0.163. The van der Waals surface area contributed by atoms with Crippen LogP contribution in [0, 0.1) is 13.8 Å². The van der Waals surface area contributed by atoms with E-state index in [0.717, 1.165) is 0 Å². The normalized spacial score (nSPS) is 18.2. The van der Waals surface area contributed by atoms with Crippen molar-refractivity contribution in [2.45, 2.75) is 143 Å². The highest BCUT2D eigenvalue weighted by molar-refractivity contribution is 7.32. The number of hydrogen-bond acceptors (Lipinski definition) is 3. The molecule has 0 atom stereocenters. The molecule has 0 saturated heterocycles. The average molecular weight is 907 g/mol. The molecular weight excluding hydrogens is 840 g/mol. The van der Waals surface area contributed by atoms with Crippen LogP contribution in [0.3, 0.4) is 0 Å². The van der Waals surface area contributed by atoms with Crippen molar-refractivity contribution in [3.8, 4) is 22.3 Å². The van der Waals surface area contributed by atoms with Gasteiger partial charge >= 0.3 is 6.85 Å². The van der Waals surface area contributed by atoms with Crippen LogP contribution in [0.2, 0.25) is 0 Å². The van der Waals surface area contributed by atoms with E-state index in [1.54, 1.807) is 0 Å². The molecule has 4 heteroatoms. The molecule has 0 saturated carbocycles. The number of rotatable bonds is 3. The molecular formula is C64H67BN2S. The van der Waals surface area contributed by atoms with Crippen LogP contribution in [0.15, 0.2) is 121 Å². The van der Waals surface area contributed by atoms with E-state index in [-0.39, 0.29) is 33.9 Å². The topological polar surface area (TPSA) is 6.48 Å². The maximum atomic E-state index is 2.78. The molecule has 7 aromatic carbocycles. The van der Waals surface area contributed by atoms with Gasteiger partial charge in [-0.25, -0.2) is 0 Å². The average Bonchev–Trinajstić information content (AvgIpc) is 3.67. The van der Waals surface area contributed by atoms with Gasteiger partial charge in [0, 0.05) is 43.2 Å². The van der Waals surface area contributed by atoms with Gasteiger partial charge in [0.2, 0.25) is 0 Å². The highest BCUT2D eigenvalue weighted by Crippen LogP contribution is 2.56. The van der Waals surface area contributed by atoms with Gasteiger partial charge in [-0.1, -0.05) is 143 Å². The molecule has 342 valence electrons. The van der Waals surface area contributed by atoms with Crippen molar-refractivity contribution in [1.29, 1.82) is 0 Å². The van der Waals surface area contributed by atoms with Crippen molar-refractivity contribution in [3.05, 3.63) is 160 Å². The summed E-state index contributed by atoms with van der Waals surface area (Å²) in [5, 5.41) is 3.92. The Morgan fingerprint density at radius 3 is 1.72 bits per heavy atom. The summed E-state index contributed by atoms with van der Waals surface area (Å²) >= 11 is 2.05. The Morgan fingerprint density at radius 2 is 1.09 bits per heavy atom. The lowest BCUT2D eigenvalue weighted by Gasteiger charge is -2.46. The van der Waals surface area contributed by atoms with Crippen LogP contribution in [-0.2, 0) is 27.1 Å². The summed E-state index contributed by atoms with van der Waals surface area (Å²) in [6, 6.07) is 48.2. The maximum Gasteiger partial charge on any atom is 0.343 e. The van der Waals surface area contributed by atoms with Crippen LogP contribution >= 0.6 is 11.3 Å². The van der Waals surface area contributed by atoms with Crippen LogP contribution in [0.25, 0.3) is 43.1 Å². The second-order valence-electron chi connectivity index (χ2n) is 24.8. The minimum Gasteiger partial charge on any atom is -0.376 e. The summed E-state index contributed by atoms with van der Waals surface area (Å²) in [7, 11) is 0. The third-order valence-electron chi connectivity index (χ3n) is 17.4. The monoisotopic (exact) mass is 907 g/mol. The summed E-state index contributed by atoms with van der Waals surface area (Å²) in [6.45, 7) is 31.4. The molecule has 0 spiro atoms. The summed E-state index contributed by atoms with van der Waals surface area (Å²) in [4.78, 5) is 5.51. The summed E-state index contributed by atoms with van der Waals surface area (Å²) < 4.78 is 2.81. The third kappa shape index (κ3) is 6.41. The van der Waals surface area contributed by atoms with E-state index in [4.69, 9.17) is 0 Å². The maximum absolute atomic E-state index is 2.78. The zero-order chi connectivity index (χ0) is 47.6. The number of nitrogens with zero attached hydrogens (tertiary/aromatic N) is 2. The number of thiophene rings is 1. The molecule has 0 radical (unpaired) electrons. The van der Waals surface area contributed by atoms with E-state index in [0.29, 0.717) is 0 Å². The van der Waals surface area contributed by atoms with Gasteiger partial charge in [-0.3, -0.25) is 0 Å². The second kappa shape index (κ2) is 14.5. The van der Waals surface area contributed by atoms with Gasteiger partial charge in [-0.15, -0.1) is 11.3 Å². The lowest BCUT2D eigenvalue weighted by Crippen LogP contribution is -2.60. The first-order chi connectivity index (χ1) is 32.1. The van der Waals surface area contributed by atoms with Gasteiger partial charge in [0.05, 0.1) is 5.69 Å². The molecule has 68 heavy (non-hydrogen) atoms. The SMILES string of the molecule is Cc1ccccc1-c1cc2c3c(c1)N(c1cc4c(cc1C)C(C)(C)CCC4(C)C)c1c(sc4cc5c(cc14)C(C)(C)CCC5(C)C)B3N(c1ccc(C(C)(C)C)cc1)c1cc3ccccc3cc1-2. The van der Waals surface area contributed by atoms with Gasteiger partial charge in [0.25, 0.3) is 0 Å². The van der Waals surface area contributed by atoms with E-state index < -0.39 is 0 Å². The predicted molar refractivity (Wildman–Crippen MR) is 297 cm³/mol. The molecule has 2 aliphatic heterocycles. The van der Waals surface area contributed by atoms with E-state index >= 15 is 0 Å². The molecule has 0 fully saturated rings. The van der Waals surface area contributed by atoms with E-state index in [1.807, 2.05) is 11.3 Å². The molecule has 3 heterocycles. The third-order valence-corrected chi connectivity index (χ3v) is 18.5. The lowest BCUT2D eigenvalue weighted by molar-refractivity contribution is 0.332. The largest absolute Gasteiger partial charge is 0.376 e. The van der Waals surface area contributed by atoms with Crippen molar-refractivity contribution in [1.82, 2.24) is 0 Å². The molecule has 1 aromatic heterocycles. The van der Waals surface area contributed by atoms with E-state index in [2.05, 4.69) is 221 Å². The van der Waals surface area contributed by atoms with Crippen molar-refractivity contribution < 1.29 is 0 Å². The first-order valence-corrected chi connectivity index (χ1v) is 26.2. The molecule has 2 nitrogen and oxygen atoms in total. The Kier molecular flexibility index (Phi) is 9.31. The van der Waals surface area contributed by atoms with Gasteiger partial charge in [0.15, 0.2) is 0 Å². The van der Waals surface area contributed by atoms with Crippen molar-refractivity contribution in [2.75, 3.05) is 9.71 Å². The molecule has 0 unspecified atom stereocenters. The zero-order valence-corrected chi connectivity index (χ0v) is 43.6. The standard InChI is InChI=1S/C64H67BN2S/c1-38-18-14-17-21-45(38)42-32-47-46-31-40-19-15-16-20-41(40)33-54(46)67(44-24-22-43(23-25-44)60(3,4)5)65-57(47)55(34-42)66(53-36-51-49(30-39(53)2)61(6,7)26-28-63(51,10)11)58-48-35-50-52(37-56(48)68-59(58)65)64(12,13)29-27-62(50,8)9/h14-25,30-37H,26-29H2,1-13H3. The molecule has 0 amide bonds. The predicted octanol–water partition coefficient (Wildman–Crippen LogP) is 17.0. The summed E-state index contributed by atoms with van der Waals surface area (Å²) in [5.74, 6) is 0. The number of benzene rings is 7. The molecule has 2 aliphatic carbocycles. The Balaban J connectivity index is 1.26. The summed E-state index contributed by atoms with van der Waals surface area (Å²) in [5.41, 5.74) is 23.4. The highest BCUT2D eigenvalue weighted by Gasteiger charge is 2.49.